The second kappa shape index (κ2) is 8.23. The Hall–Kier alpha value is -0.900. The van der Waals surface area contributed by atoms with Crippen LogP contribution in [0.4, 0.5) is 0 Å². The van der Waals surface area contributed by atoms with Gasteiger partial charge in [-0.15, -0.1) is 0 Å². The molecule has 1 rings (SSSR count). The summed E-state index contributed by atoms with van der Waals surface area (Å²) in [6.45, 7) is 2.27. The average Bonchev–Trinajstić information content (AvgIpc) is 2.35. The highest BCUT2D eigenvalue weighted by molar-refractivity contribution is 5.83. The number of carbonyl (C=O) groups excluding carboxylic acids is 2. The van der Waals surface area contributed by atoms with Crippen molar-refractivity contribution in [3.63, 3.8) is 0 Å². The summed E-state index contributed by atoms with van der Waals surface area (Å²) in [5, 5.41) is 0. The van der Waals surface area contributed by atoms with Gasteiger partial charge in [0, 0.05) is 6.42 Å². The standard InChI is InChI=1S/C13H22O4/c1-2-16-13(15)9-8-11(14)10-17-12-6-4-3-5-7-12/h12H,2-10H2,1H3. The number of ketones is 1. The molecular formula is C13H22O4. The minimum atomic E-state index is -0.307. The first-order valence-electron chi connectivity index (χ1n) is 6.51. The average molecular weight is 242 g/mol. The lowest BCUT2D eigenvalue weighted by molar-refractivity contribution is -0.144. The van der Waals surface area contributed by atoms with Crippen molar-refractivity contribution in [2.45, 2.75) is 58.0 Å². The molecule has 1 aliphatic rings. The van der Waals surface area contributed by atoms with Crippen LogP contribution in [0, 0.1) is 0 Å². The van der Waals surface area contributed by atoms with E-state index in [-0.39, 0.29) is 37.3 Å². The lowest BCUT2D eigenvalue weighted by atomic mass is 9.98. The first kappa shape index (κ1) is 14.2. The molecule has 0 aromatic rings. The van der Waals surface area contributed by atoms with Crippen molar-refractivity contribution in [2.75, 3.05) is 13.2 Å². The zero-order valence-electron chi connectivity index (χ0n) is 10.6. The van der Waals surface area contributed by atoms with Crippen molar-refractivity contribution < 1.29 is 19.1 Å². The Bertz CT molecular complexity index is 244. The molecule has 0 N–H and O–H groups in total. The SMILES string of the molecule is CCOC(=O)CCC(=O)COC1CCCCC1. The van der Waals surface area contributed by atoms with Crippen LogP contribution in [0.5, 0.6) is 0 Å². The van der Waals surface area contributed by atoms with Crippen molar-refractivity contribution in [3.8, 4) is 0 Å². The van der Waals surface area contributed by atoms with Gasteiger partial charge in [-0.1, -0.05) is 19.3 Å². The number of esters is 1. The summed E-state index contributed by atoms with van der Waals surface area (Å²) in [4.78, 5) is 22.5. The quantitative estimate of drug-likeness (QED) is 0.642. The second-order valence-electron chi connectivity index (χ2n) is 4.41. The normalized spacial score (nSPS) is 16.8. The van der Waals surface area contributed by atoms with E-state index in [2.05, 4.69) is 0 Å². The van der Waals surface area contributed by atoms with Gasteiger partial charge in [-0.05, 0) is 19.8 Å². The Morgan fingerprint density at radius 2 is 1.82 bits per heavy atom. The number of hydrogen-bond acceptors (Lipinski definition) is 4. The lowest BCUT2D eigenvalue weighted by Gasteiger charge is -2.21. The van der Waals surface area contributed by atoms with Crippen LogP contribution in [-0.2, 0) is 19.1 Å². The molecule has 0 atom stereocenters. The van der Waals surface area contributed by atoms with Gasteiger partial charge >= 0.3 is 5.97 Å². The minimum Gasteiger partial charge on any atom is -0.466 e. The molecule has 98 valence electrons. The van der Waals surface area contributed by atoms with Crippen molar-refractivity contribution in [1.82, 2.24) is 0 Å². The summed E-state index contributed by atoms with van der Waals surface area (Å²) < 4.78 is 10.3. The molecule has 1 aliphatic carbocycles. The Kier molecular flexibility index (Phi) is 6.86. The van der Waals surface area contributed by atoms with Gasteiger partial charge in [0.25, 0.3) is 0 Å². The number of rotatable bonds is 7. The third kappa shape index (κ3) is 6.41. The highest BCUT2D eigenvalue weighted by Crippen LogP contribution is 2.20. The maximum atomic E-state index is 11.5. The maximum Gasteiger partial charge on any atom is 0.306 e. The molecule has 0 aliphatic heterocycles. The van der Waals surface area contributed by atoms with E-state index in [0.29, 0.717) is 6.61 Å². The van der Waals surface area contributed by atoms with Crippen LogP contribution in [0.25, 0.3) is 0 Å². The van der Waals surface area contributed by atoms with E-state index in [1.54, 1.807) is 6.92 Å². The van der Waals surface area contributed by atoms with E-state index in [4.69, 9.17) is 9.47 Å². The number of Topliss-reactive ketones (excluding diaryl/α,β-unsaturated/α-hetero) is 1. The Balaban J connectivity index is 2.06. The monoisotopic (exact) mass is 242 g/mol. The predicted octanol–water partition coefficient (Wildman–Crippen LogP) is 2.25. The molecule has 0 saturated heterocycles. The molecule has 0 bridgehead atoms. The molecule has 4 heteroatoms. The molecule has 0 spiro atoms. The molecule has 0 amide bonds. The Labute approximate surface area is 103 Å². The zero-order valence-corrected chi connectivity index (χ0v) is 10.6. The van der Waals surface area contributed by atoms with Crippen LogP contribution in [0.15, 0.2) is 0 Å². The van der Waals surface area contributed by atoms with Crippen LogP contribution in [0.2, 0.25) is 0 Å². The van der Waals surface area contributed by atoms with Gasteiger partial charge in [0.05, 0.1) is 19.1 Å². The van der Waals surface area contributed by atoms with Crippen molar-refractivity contribution >= 4 is 11.8 Å². The number of hydrogen-bond donors (Lipinski definition) is 0. The molecule has 0 unspecified atom stereocenters. The largest absolute Gasteiger partial charge is 0.466 e. The molecule has 4 nitrogen and oxygen atoms in total. The highest BCUT2D eigenvalue weighted by Gasteiger charge is 2.15. The van der Waals surface area contributed by atoms with E-state index in [9.17, 15) is 9.59 Å². The number of ether oxygens (including phenoxy) is 2. The third-order valence-corrected chi connectivity index (χ3v) is 2.95. The van der Waals surface area contributed by atoms with Gasteiger partial charge in [0.2, 0.25) is 0 Å². The fraction of sp³-hybridized carbons (Fsp3) is 0.846. The van der Waals surface area contributed by atoms with E-state index in [0.717, 1.165) is 12.8 Å². The Morgan fingerprint density at radius 3 is 2.47 bits per heavy atom. The first-order chi connectivity index (χ1) is 8.22. The maximum absolute atomic E-state index is 11.5. The fourth-order valence-corrected chi connectivity index (χ4v) is 1.99. The summed E-state index contributed by atoms with van der Waals surface area (Å²) >= 11 is 0. The highest BCUT2D eigenvalue weighted by atomic mass is 16.5. The molecule has 0 heterocycles. The van der Waals surface area contributed by atoms with Crippen LogP contribution in [0.3, 0.4) is 0 Å². The molecule has 1 fully saturated rings. The molecule has 0 radical (unpaired) electrons. The van der Waals surface area contributed by atoms with Crippen molar-refractivity contribution in [2.24, 2.45) is 0 Å². The van der Waals surface area contributed by atoms with E-state index in [1.807, 2.05) is 0 Å². The summed E-state index contributed by atoms with van der Waals surface area (Å²) in [7, 11) is 0. The summed E-state index contributed by atoms with van der Waals surface area (Å²) in [5.41, 5.74) is 0. The van der Waals surface area contributed by atoms with E-state index >= 15 is 0 Å². The summed E-state index contributed by atoms with van der Waals surface area (Å²) in [6, 6.07) is 0. The number of carbonyl (C=O) groups is 2. The van der Waals surface area contributed by atoms with Gasteiger partial charge in [0.1, 0.15) is 6.61 Å². The first-order valence-corrected chi connectivity index (χ1v) is 6.51. The van der Waals surface area contributed by atoms with Crippen LogP contribution < -0.4 is 0 Å². The van der Waals surface area contributed by atoms with Crippen LogP contribution in [-0.4, -0.2) is 31.1 Å². The van der Waals surface area contributed by atoms with Gasteiger partial charge in [0.15, 0.2) is 5.78 Å². The molecule has 1 saturated carbocycles. The van der Waals surface area contributed by atoms with Crippen LogP contribution in [0.1, 0.15) is 51.9 Å². The van der Waals surface area contributed by atoms with Gasteiger partial charge < -0.3 is 9.47 Å². The molecule has 0 aromatic heterocycles. The van der Waals surface area contributed by atoms with Crippen molar-refractivity contribution in [1.29, 1.82) is 0 Å². The molecule has 17 heavy (non-hydrogen) atoms. The van der Waals surface area contributed by atoms with E-state index in [1.165, 1.54) is 19.3 Å². The molecule has 0 aromatic carbocycles. The van der Waals surface area contributed by atoms with Crippen LogP contribution >= 0.6 is 0 Å². The topological polar surface area (TPSA) is 52.6 Å². The van der Waals surface area contributed by atoms with Gasteiger partial charge in [-0.3, -0.25) is 9.59 Å². The van der Waals surface area contributed by atoms with E-state index < -0.39 is 0 Å². The second-order valence-corrected chi connectivity index (χ2v) is 4.41. The van der Waals surface area contributed by atoms with Crippen molar-refractivity contribution in [3.05, 3.63) is 0 Å². The van der Waals surface area contributed by atoms with Gasteiger partial charge in [-0.25, -0.2) is 0 Å². The lowest BCUT2D eigenvalue weighted by Crippen LogP contribution is -2.21. The summed E-state index contributed by atoms with van der Waals surface area (Å²) in [5.74, 6) is -0.317. The fourth-order valence-electron chi connectivity index (χ4n) is 1.99. The summed E-state index contributed by atoms with van der Waals surface area (Å²) in [6.07, 6.45) is 6.43. The zero-order chi connectivity index (χ0) is 12.5. The molecular weight excluding hydrogens is 220 g/mol. The smallest absolute Gasteiger partial charge is 0.306 e. The third-order valence-electron chi connectivity index (χ3n) is 2.95. The minimum absolute atomic E-state index is 0.0105. The Morgan fingerprint density at radius 1 is 1.12 bits per heavy atom. The van der Waals surface area contributed by atoms with Gasteiger partial charge in [-0.2, -0.15) is 0 Å². The predicted molar refractivity (Wildman–Crippen MR) is 63.7 cm³/mol.